The molecule has 12 heavy (non-hydrogen) atoms. The van der Waals surface area contributed by atoms with Crippen LogP contribution in [0.5, 0.6) is 0 Å². The van der Waals surface area contributed by atoms with E-state index < -0.39 is 5.54 Å². The molecule has 0 aliphatic carbocycles. The molecule has 0 saturated heterocycles. The lowest BCUT2D eigenvalue weighted by molar-refractivity contribution is 0.212. The number of thiophene rings is 1. The van der Waals surface area contributed by atoms with Gasteiger partial charge in [-0.15, -0.1) is 11.3 Å². The summed E-state index contributed by atoms with van der Waals surface area (Å²) >= 11 is 7.48. The number of nitrogens with two attached hydrogens (primary N) is 1. The highest BCUT2D eigenvalue weighted by atomic mass is 35.5. The minimum absolute atomic E-state index is 0.0906. The maximum atomic E-state index is 9.00. The van der Waals surface area contributed by atoms with Crippen LogP contribution in [-0.4, -0.2) is 11.7 Å². The molecule has 0 amide bonds. The number of aliphatic hydroxyl groups is 1. The SMILES string of the molecule is Cc1csc([C@](C)(N)CO)c1Cl. The molecule has 68 valence electrons. The van der Waals surface area contributed by atoms with Crippen LogP contribution in [0.2, 0.25) is 5.02 Å². The normalized spacial score (nSPS) is 16.1. The number of hydrogen-bond acceptors (Lipinski definition) is 3. The van der Waals surface area contributed by atoms with Gasteiger partial charge in [0, 0.05) is 4.88 Å². The Kier molecular flexibility index (Phi) is 2.78. The third kappa shape index (κ3) is 1.64. The molecule has 0 aliphatic heterocycles. The minimum atomic E-state index is -0.712. The van der Waals surface area contributed by atoms with Crippen LogP contribution < -0.4 is 5.73 Å². The van der Waals surface area contributed by atoms with Crippen molar-refractivity contribution in [1.82, 2.24) is 0 Å². The lowest BCUT2D eigenvalue weighted by Crippen LogP contribution is -2.36. The summed E-state index contributed by atoms with van der Waals surface area (Å²) in [5, 5.41) is 11.6. The third-order valence-electron chi connectivity index (χ3n) is 1.75. The molecule has 0 unspecified atom stereocenters. The average Bonchev–Trinajstić information content (AvgIpc) is 2.33. The lowest BCUT2D eigenvalue weighted by Gasteiger charge is -2.20. The first-order valence-corrected chi connectivity index (χ1v) is 4.88. The van der Waals surface area contributed by atoms with Gasteiger partial charge in [-0.05, 0) is 24.8 Å². The topological polar surface area (TPSA) is 46.2 Å². The van der Waals surface area contributed by atoms with E-state index in [2.05, 4.69) is 0 Å². The van der Waals surface area contributed by atoms with Crippen LogP contribution in [0.1, 0.15) is 17.4 Å². The highest BCUT2D eigenvalue weighted by Gasteiger charge is 2.25. The second kappa shape index (κ2) is 3.34. The molecule has 3 N–H and O–H groups in total. The second-order valence-electron chi connectivity index (χ2n) is 3.14. The van der Waals surface area contributed by atoms with Gasteiger partial charge in [-0.2, -0.15) is 0 Å². The first-order chi connectivity index (χ1) is 5.49. The summed E-state index contributed by atoms with van der Waals surface area (Å²) < 4.78 is 0. The van der Waals surface area contributed by atoms with Crippen LogP contribution >= 0.6 is 22.9 Å². The van der Waals surface area contributed by atoms with Gasteiger partial charge in [0.05, 0.1) is 17.2 Å². The van der Waals surface area contributed by atoms with E-state index in [9.17, 15) is 0 Å². The Labute approximate surface area is 81.0 Å². The monoisotopic (exact) mass is 205 g/mol. The zero-order chi connectivity index (χ0) is 9.35. The minimum Gasteiger partial charge on any atom is -0.394 e. The van der Waals surface area contributed by atoms with Gasteiger partial charge in [-0.1, -0.05) is 11.6 Å². The van der Waals surface area contributed by atoms with Crippen molar-refractivity contribution in [3.8, 4) is 0 Å². The van der Waals surface area contributed by atoms with Gasteiger partial charge in [0.15, 0.2) is 0 Å². The van der Waals surface area contributed by atoms with E-state index in [1.807, 2.05) is 12.3 Å². The summed E-state index contributed by atoms with van der Waals surface area (Å²) in [5.41, 5.74) is 6.13. The zero-order valence-electron chi connectivity index (χ0n) is 7.10. The first-order valence-electron chi connectivity index (χ1n) is 3.63. The van der Waals surface area contributed by atoms with E-state index in [0.29, 0.717) is 5.02 Å². The van der Waals surface area contributed by atoms with Crippen LogP contribution in [-0.2, 0) is 5.54 Å². The van der Waals surface area contributed by atoms with E-state index in [4.69, 9.17) is 22.4 Å². The van der Waals surface area contributed by atoms with E-state index in [1.165, 1.54) is 11.3 Å². The Morgan fingerprint density at radius 3 is 2.67 bits per heavy atom. The fourth-order valence-electron chi connectivity index (χ4n) is 0.887. The standard InChI is InChI=1S/C8H12ClNOS/c1-5-3-12-7(6(5)9)8(2,10)4-11/h3,11H,4,10H2,1-2H3/t8-/m1/s1. The molecule has 1 aromatic heterocycles. The highest BCUT2D eigenvalue weighted by Crippen LogP contribution is 2.34. The van der Waals surface area contributed by atoms with Gasteiger partial charge in [-0.3, -0.25) is 0 Å². The Hall–Kier alpha value is -0.0900. The van der Waals surface area contributed by atoms with Gasteiger partial charge in [0.25, 0.3) is 0 Å². The Balaban J connectivity index is 3.11. The third-order valence-corrected chi connectivity index (χ3v) is 3.72. The van der Waals surface area contributed by atoms with Crippen molar-refractivity contribution < 1.29 is 5.11 Å². The number of hydrogen-bond donors (Lipinski definition) is 2. The summed E-state index contributed by atoms with van der Waals surface area (Å²) in [6.45, 7) is 3.60. The number of aryl methyl sites for hydroxylation is 1. The molecule has 1 rings (SSSR count). The maximum Gasteiger partial charge on any atom is 0.0724 e. The molecular formula is C8H12ClNOS. The van der Waals surface area contributed by atoms with Crippen LogP contribution in [0.25, 0.3) is 0 Å². The molecule has 0 spiro atoms. The Morgan fingerprint density at radius 2 is 2.33 bits per heavy atom. The Bertz CT molecular complexity index is 283. The smallest absolute Gasteiger partial charge is 0.0724 e. The Morgan fingerprint density at radius 1 is 1.75 bits per heavy atom. The van der Waals surface area contributed by atoms with Crippen molar-refractivity contribution in [1.29, 1.82) is 0 Å². The van der Waals surface area contributed by atoms with E-state index >= 15 is 0 Å². The van der Waals surface area contributed by atoms with Crippen LogP contribution in [0.3, 0.4) is 0 Å². The highest BCUT2D eigenvalue weighted by molar-refractivity contribution is 7.11. The zero-order valence-corrected chi connectivity index (χ0v) is 8.67. The molecule has 0 aliphatic rings. The quantitative estimate of drug-likeness (QED) is 0.775. The van der Waals surface area contributed by atoms with Crippen molar-refractivity contribution in [3.05, 3.63) is 20.8 Å². The van der Waals surface area contributed by atoms with Gasteiger partial charge in [0.1, 0.15) is 0 Å². The summed E-state index contributed by atoms with van der Waals surface area (Å²) in [7, 11) is 0. The molecule has 0 fully saturated rings. The van der Waals surface area contributed by atoms with Crippen molar-refractivity contribution in [3.63, 3.8) is 0 Å². The predicted octanol–water partition coefficient (Wildman–Crippen LogP) is 1.88. The summed E-state index contributed by atoms with van der Waals surface area (Å²) in [6.07, 6.45) is 0. The molecule has 2 nitrogen and oxygen atoms in total. The van der Waals surface area contributed by atoms with E-state index in [1.54, 1.807) is 6.92 Å². The van der Waals surface area contributed by atoms with Crippen LogP contribution in [0.15, 0.2) is 5.38 Å². The molecule has 1 heterocycles. The molecular weight excluding hydrogens is 194 g/mol. The number of halogens is 1. The molecule has 0 saturated carbocycles. The average molecular weight is 206 g/mol. The van der Waals surface area contributed by atoms with Crippen LogP contribution in [0, 0.1) is 6.92 Å². The predicted molar refractivity (Wildman–Crippen MR) is 52.7 cm³/mol. The fourth-order valence-corrected chi connectivity index (χ4v) is 2.37. The van der Waals surface area contributed by atoms with Crippen molar-refractivity contribution >= 4 is 22.9 Å². The summed E-state index contributed by atoms with van der Waals surface area (Å²) in [4.78, 5) is 0.851. The summed E-state index contributed by atoms with van der Waals surface area (Å²) in [6, 6.07) is 0. The lowest BCUT2D eigenvalue weighted by atomic mass is 10.0. The largest absolute Gasteiger partial charge is 0.394 e. The second-order valence-corrected chi connectivity index (χ2v) is 4.40. The van der Waals surface area contributed by atoms with Crippen molar-refractivity contribution in [2.24, 2.45) is 5.73 Å². The number of aliphatic hydroxyl groups excluding tert-OH is 1. The van der Waals surface area contributed by atoms with Crippen LogP contribution in [0.4, 0.5) is 0 Å². The molecule has 0 radical (unpaired) electrons. The van der Waals surface area contributed by atoms with Gasteiger partial charge < -0.3 is 10.8 Å². The molecule has 1 atom stereocenters. The van der Waals surface area contributed by atoms with Gasteiger partial charge in [0.2, 0.25) is 0 Å². The summed E-state index contributed by atoms with van der Waals surface area (Å²) in [5.74, 6) is 0. The van der Waals surface area contributed by atoms with E-state index in [0.717, 1.165) is 10.4 Å². The van der Waals surface area contributed by atoms with Gasteiger partial charge >= 0.3 is 0 Å². The van der Waals surface area contributed by atoms with Crippen molar-refractivity contribution in [2.75, 3.05) is 6.61 Å². The van der Waals surface area contributed by atoms with E-state index in [-0.39, 0.29) is 6.61 Å². The fraction of sp³-hybridized carbons (Fsp3) is 0.500. The van der Waals surface area contributed by atoms with Crippen molar-refractivity contribution in [2.45, 2.75) is 19.4 Å². The molecule has 4 heteroatoms. The molecule has 0 bridgehead atoms. The maximum absolute atomic E-state index is 9.00. The van der Waals surface area contributed by atoms with Gasteiger partial charge in [-0.25, -0.2) is 0 Å². The number of rotatable bonds is 2. The molecule has 1 aromatic rings. The molecule has 0 aromatic carbocycles. The first kappa shape index (κ1) is 9.99.